The topological polar surface area (TPSA) is 42.0 Å². The van der Waals surface area contributed by atoms with Crippen LogP contribution >= 0.6 is 43.5 Å². The standard InChI is InChI=1S/C12H7Br2ClN2O/c13-8-2-1-5-16-11(8)12(18)17-10-4-3-7(15)6-9(10)14/h1-6H,(H,17,18). The summed E-state index contributed by atoms with van der Waals surface area (Å²) in [6, 6.07) is 8.65. The summed E-state index contributed by atoms with van der Waals surface area (Å²) in [6.07, 6.45) is 1.57. The first-order valence-electron chi connectivity index (χ1n) is 4.95. The number of carbonyl (C=O) groups excluding carboxylic acids is 1. The maximum Gasteiger partial charge on any atom is 0.275 e. The number of hydrogen-bond acceptors (Lipinski definition) is 2. The lowest BCUT2D eigenvalue weighted by Gasteiger charge is -2.08. The largest absolute Gasteiger partial charge is 0.320 e. The van der Waals surface area contributed by atoms with Gasteiger partial charge >= 0.3 is 0 Å². The smallest absolute Gasteiger partial charge is 0.275 e. The Morgan fingerprint density at radius 2 is 2.00 bits per heavy atom. The zero-order valence-electron chi connectivity index (χ0n) is 8.95. The summed E-state index contributed by atoms with van der Waals surface area (Å²) in [5.41, 5.74) is 0.973. The molecule has 0 atom stereocenters. The Morgan fingerprint density at radius 3 is 2.67 bits per heavy atom. The fourth-order valence-corrected chi connectivity index (χ4v) is 2.54. The van der Waals surface area contributed by atoms with Crippen molar-refractivity contribution in [3.05, 3.63) is 56.2 Å². The molecule has 0 unspecified atom stereocenters. The molecule has 92 valence electrons. The minimum atomic E-state index is -0.287. The van der Waals surface area contributed by atoms with Gasteiger partial charge in [-0.1, -0.05) is 11.6 Å². The maximum absolute atomic E-state index is 12.0. The van der Waals surface area contributed by atoms with Gasteiger partial charge in [0, 0.05) is 20.2 Å². The van der Waals surface area contributed by atoms with Crippen LogP contribution in [0.1, 0.15) is 10.5 Å². The van der Waals surface area contributed by atoms with E-state index >= 15 is 0 Å². The summed E-state index contributed by atoms with van der Waals surface area (Å²) in [5, 5.41) is 3.35. The fourth-order valence-electron chi connectivity index (χ4n) is 1.33. The van der Waals surface area contributed by atoms with Crippen molar-refractivity contribution >= 4 is 55.1 Å². The van der Waals surface area contributed by atoms with Crippen LogP contribution in [0.15, 0.2) is 45.5 Å². The number of anilines is 1. The second-order valence-electron chi connectivity index (χ2n) is 3.41. The third-order valence-electron chi connectivity index (χ3n) is 2.15. The number of amides is 1. The van der Waals surface area contributed by atoms with Crippen LogP contribution in [0.3, 0.4) is 0 Å². The molecule has 0 spiro atoms. The first kappa shape index (κ1) is 13.5. The van der Waals surface area contributed by atoms with Crippen LogP contribution < -0.4 is 5.32 Å². The molecule has 6 heteroatoms. The Labute approximate surface area is 126 Å². The molecule has 2 aromatic rings. The van der Waals surface area contributed by atoms with Gasteiger partial charge in [0.25, 0.3) is 5.91 Å². The van der Waals surface area contributed by atoms with Gasteiger partial charge in [0.05, 0.1) is 5.69 Å². The molecule has 1 amide bonds. The summed E-state index contributed by atoms with van der Waals surface area (Å²) in [4.78, 5) is 16.0. The Balaban J connectivity index is 2.24. The van der Waals surface area contributed by atoms with E-state index in [0.717, 1.165) is 4.47 Å². The van der Waals surface area contributed by atoms with E-state index in [-0.39, 0.29) is 5.91 Å². The Bertz CT molecular complexity index is 604. The van der Waals surface area contributed by atoms with Crippen LogP contribution in [0, 0.1) is 0 Å². The predicted molar refractivity (Wildman–Crippen MR) is 79.0 cm³/mol. The van der Waals surface area contributed by atoms with Crippen LogP contribution in [-0.4, -0.2) is 10.9 Å². The molecule has 1 heterocycles. The highest BCUT2D eigenvalue weighted by Gasteiger charge is 2.12. The molecule has 1 aromatic carbocycles. The lowest BCUT2D eigenvalue weighted by atomic mass is 10.3. The Morgan fingerprint density at radius 1 is 1.22 bits per heavy atom. The van der Waals surface area contributed by atoms with Gasteiger partial charge < -0.3 is 5.32 Å². The highest BCUT2D eigenvalue weighted by Crippen LogP contribution is 2.26. The molecule has 0 fully saturated rings. The molecule has 1 aromatic heterocycles. The number of aromatic nitrogens is 1. The molecule has 0 aliphatic rings. The number of halogens is 3. The number of nitrogens with zero attached hydrogens (tertiary/aromatic N) is 1. The average molecular weight is 390 g/mol. The highest BCUT2D eigenvalue weighted by atomic mass is 79.9. The number of hydrogen-bond donors (Lipinski definition) is 1. The van der Waals surface area contributed by atoms with E-state index in [9.17, 15) is 4.79 Å². The summed E-state index contributed by atoms with van der Waals surface area (Å²) >= 11 is 12.5. The van der Waals surface area contributed by atoms with Crippen LogP contribution in [0.25, 0.3) is 0 Å². The van der Waals surface area contributed by atoms with Crippen molar-refractivity contribution in [3.63, 3.8) is 0 Å². The Hall–Kier alpha value is -0.910. The number of carbonyl (C=O) groups is 1. The maximum atomic E-state index is 12.0. The van der Waals surface area contributed by atoms with E-state index in [1.807, 2.05) is 0 Å². The third-order valence-corrected chi connectivity index (χ3v) is 3.68. The SMILES string of the molecule is O=C(Nc1ccc(Cl)cc1Br)c1ncccc1Br. The van der Waals surface area contributed by atoms with E-state index in [1.165, 1.54) is 0 Å². The van der Waals surface area contributed by atoms with Crippen LogP contribution in [0.2, 0.25) is 5.02 Å². The third kappa shape index (κ3) is 3.10. The van der Waals surface area contributed by atoms with E-state index in [1.54, 1.807) is 36.5 Å². The zero-order chi connectivity index (χ0) is 13.1. The molecule has 0 radical (unpaired) electrons. The second-order valence-corrected chi connectivity index (χ2v) is 5.56. The van der Waals surface area contributed by atoms with Crippen molar-refractivity contribution in [1.82, 2.24) is 4.98 Å². The predicted octanol–water partition coefficient (Wildman–Crippen LogP) is 4.51. The van der Waals surface area contributed by atoms with Crippen molar-refractivity contribution in [1.29, 1.82) is 0 Å². The lowest BCUT2D eigenvalue weighted by Crippen LogP contribution is -2.14. The van der Waals surface area contributed by atoms with Crippen molar-refractivity contribution in [2.75, 3.05) is 5.32 Å². The van der Waals surface area contributed by atoms with Crippen molar-refractivity contribution in [3.8, 4) is 0 Å². The van der Waals surface area contributed by atoms with Crippen LogP contribution in [0.4, 0.5) is 5.69 Å². The summed E-state index contributed by atoms with van der Waals surface area (Å²) in [6.45, 7) is 0. The molecule has 2 rings (SSSR count). The van der Waals surface area contributed by atoms with Crippen molar-refractivity contribution in [2.45, 2.75) is 0 Å². The van der Waals surface area contributed by atoms with E-state index in [2.05, 4.69) is 42.2 Å². The molecule has 0 aliphatic carbocycles. The van der Waals surface area contributed by atoms with E-state index in [4.69, 9.17) is 11.6 Å². The molecule has 3 nitrogen and oxygen atoms in total. The van der Waals surface area contributed by atoms with Crippen LogP contribution in [0.5, 0.6) is 0 Å². The molecule has 0 aliphatic heterocycles. The average Bonchev–Trinajstić information content (AvgIpc) is 2.33. The second kappa shape index (κ2) is 5.82. The summed E-state index contributed by atoms with van der Waals surface area (Å²) in [5.74, 6) is -0.287. The number of pyridine rings is 1. The molecular formula is C12H7Br2ClN2O. The first-order valence-corrected chi connectivity index (χ1v) is 6.91. The molecular weight excluding hydrogens is 383 g/mol. The highest BCUT2D eigenvalue weighted by molar-refractivity contribution is 9.11. The lowest BCUT2D eigenvalue weighted by molar-refractivity contribution is 0.102. The monoisotopic (exact) mass is 388 g/mol. The first-order chi connectivity index (χ1) is 8.58. The molecule has 0 bridgehead atoms. The molecule has 1 N–H and O–H groups in total. The van der Waals surface area contributed by atoms with Gasteiger partial charge in [-0.05, 0) is 62.2 Å². The Kier molecular flexibility index (Phi) is 4.37. The van der Waals surface area contributed by atoms with Gasteiger partial charge in [-0.2, -0.15) is 0 Å². The molecule has 18 heavy (non-hydrogen) atoms. The van der Waals surface area contributed by atoms with Gasteiger partial charge in [-0.25, -0.2) is 4.98 Å². The quantitative estimate of drug-likeness (QED) is 0.820. The zero-order valence-corrected chi connectivity index (χ0v) is 12.9. The van der Waals surface area contributed by atoms with Gasteiger partial charge in [-0.15, -0.1) is 0 Å². The summed E-state index contributed by atoms with van der Waals surface area (Å²) in [7, 11) is 0. The van der Waals surface area contributed by atoms with Crippen LogP contribution in [-0.2, 0) is 0 Å². The fraction of sp³-hybridized carbons (Fsp3) is 0. The number of nitrogens with one attached hydrogen (secondary N) is 1. The van der Waals surface area contributed by atoms with Crippen molar-refractivity contribution < 1.29 is 4.79 Å². The number of benzene rings is 1. The normalized spacial score (nSPS) is 10.2. The van der Waals surface area contributed by atoms with Gasteiger partial charge in [-0.3, -0.25) is 4.79 Å². The van der Waals surface area contributed by atoms with E-state index < -0.39 is 0 Å². The molecule has 0 saturated carbocycles. The van der Waals surface area contributed by atoms with Crippen molar-refractivity contribution in [2.24, 2.45) is 0 Å². The van der Waals surface area contributed by atoms with E-state index in [0.29, 0.717) is 20.9 Å². The minimum Gasteiger partial charge on any atom is -0.320 e. The van der Waals surface area contributed by atoms with Gasteiger partial charge in [0.2, 0.25) is 0 Å². The summed E-state index contributed by atoms with van der Waals surface area (Å²) < 4.78 is 1.36. The number of rotatable bonds is 2. The van der Waals surface area contributed by atoms with Gasteiger partial charge in [0.15, 0.2) is 0 Å². The molecule has 0 saturated heterocycles. The minimum absolute atomic E-state index is 0.287. The van der Waals surface area contributed by atoms with Gasteiger partial charge in [0.1, 0.15) is 5.69 Å².